The zero-order valence-electron chi connectivity index (χ0n) is 11.6. The maximum Gasteiger partial charge on any atom is 0.177 e. The fourth-order valence-electron chi connectivity index (χ4n) is 1.79. The van der Waals surface area contributed by atoms with Crippen LogP contribution in [0.15, 0.2) is 69.9 Å². The van der Waals surface area contributed by atoms with Crippen LogP contribution < -0.4 is 21.6 Å². The molecule has 0 spiro atoms. The van der Waals surface area contributed by atoms with Gasteiger partial charge in [0, 0.05) is 0 Å². The molecule has 5 N–H and O–H groups in total. The number of ether oxygens (including phenoxy) is 1. The number of hydrogen-bond donors (Lipinski definition) is 3. The molecule has 0 atom stereocenters. The first-order valence-corrected chi connectivity index (χ1v) is 6.56. The van der Waals surface area contributed by atoms with Crippen molar-refractivity contribution in [1.29, 1.82) is 0 Å². The number of benzene rings is 2. The first kappa shape index (κ1) is 13.6. The minimum absolute atomic E-state index is 0.189. The van der Waals surface area contributed by atoms with Crippen molar-refractivity contribution in [2.75, 3.05) is 5.43 Å². The Labute approximate surface area is 127 Å². The van der Waals surface area contributed by atoms with Crippen molar-refractivity contribution < 1.29 is 4.74 Å². The Morgan fingerprint density at radius 1 is 0.818 bits per heavy atom. The average Bonchev–Trinajstić information content (AvgIpc) is 2.86. The predicted octanol–water partition coefficient (Wildman–Crippen LogP) is 1.89. The quantitative estimate of drug-likeness (QED) is 0.748. The van der Waals surface area contributed by atoms with Gasteiger partial charge in [-0.25, -0.2) is 0 Å². The second-order valence-corrected chi connectivity index (χ2v) is 4.48. The largest absolute Gasteiger partial charge is 0.457 e. The summed E-state index contributed by atoms with van der Waals surface area (Å²) in [6, 6.07) is 16.9. The van der Waals surface area contributed by atoms with Gasteiger partial charge in [-0.05, 0) is 36.4 Å². The van der Waals surface area contributed by atoms with E-state index in [1.54, 1.807) is 0 Å². The van der Waals surface area contributed by atoms with Gasteiger partial charge in [0.15, 0.2) is 17.4 Å². The highest BCUT2D eigenvalue weighted by Crippen LogP contribution is 2.22. The molecule has 0 saturated heterocycles. The second kappa shape index (κ2) is 5.96. The number of anilines is 1. The van der Waals surface area contributed by atoms with E-state index in [1.807, 2.05) is 54.6 Å². The molecule has 3 rings (SSSR count). The number of nitrogens with zero attached hydrogens (tertiary/aromatic N) is 3. The first-order valence-electron chi connectivity index (χ1n) is 6.56. The van der Waals surface area contributed by atoms with Crippen LogP contribution in [0.4, 0.5) is 5.69 Å². The molecule has 7 heteroatoms. The summed E-state index contributed by atoms with van der Waals surface area (Å²) in [5, 5.41) is 11.4. The fraction of sp³-hybridized carbons (Fsp3) is 0. The molecule has 0 bridgehead atoms. The van der Waals surface area contributed by atoms with Gasteiger partial charge in [0.25, 0.3) is 0 Å². The van der Waals surface area contributed by atoms with Gasteiger partial charge in [0.05, 0.1) is 5.69 Å². The Morgan fingerprint density at radius 2 is 1.41 bits per heavy atom. The van der Waals surface area contributed by atoms with Crippen molar-refractivity contribution in [3.63, 3.8) is 0 Å². The summed E-state index contributed by atoms with van der Waals surface area (Å²) in [6.45, 7) is 0. The monoisotopic (exact) mass is 294 g/mol. The minimum Gasteiger partial charge on any atom is -0.457 e. The van der Waals surface area contributed by atoms with Crippen molar-refractivity contribution in [3.8, 4) is 11.5 Å². The lowest BCUT2D eigenvalue weighted by Gasteiger charge is -2.07. The molecule has 2 aromatic carbocycles. The molecule has 1 heterocycles. The SMILES string of the molecule is NC1=NN=C(N)C1=NNc1ccc(Oc2ccccc2)cc1. The van der Waals surface area contributed by atoms with E-state index in [2.05, 4.69) is 20.7 Å². The smallest absolute Gasteiger partial charge is 0.177 e. The van der Waals surface area contributed by atoms with E-state index in [9.17, 15) is 0 Å². The standard InChI is InChI=1S/C15H14N6O/c16-14-13(15(17)21-20-14)19-18-10-6-8-12(9-7-10)22-11-4-2-1-3-5-11/h1-9,18H,(H4,16,17,19,20,21). The summed E-state index contributed by atoms with van der Waals surface area (Å²) in [6.07, 6.45) is 0. The number of para-hydroxylation sites is 1. The highest BCUT2D eigenvalue weighted by molar-refractivity contribution is 6.68. The van der Waals surface area contributed by atoms with E-state index >= 15 is 0 Å². The van der Waals surface area contributed by atoms with E-state index in [0.717, 1.165) is 17.2 Å². The third-order valence-corrected chi connectivity index (χ3v) is 2.88. The number of nitrogens with two attached hydrogens (primary N) is 2. The van der Waals surface area contributed by atoms with Gasteiger partial charge in [0.2, 0.25) is 0 Å². The zero-order chi connectivity index (χ0) is 15.4. The van der Waals surface area contributed by atoms with Crippen LogP contribution in [0.1, 0.15) is 0 Å². The third-order valence-electron chi connectivity index (χ3n) is 2.88. The lowest BCUT2D eigenvalue weighted by Crippen LogP contribution is -2.32. The van der Waals surface area contributed by atoms with Crippen LogP contribution in [0.3, 0.4) is 0 Å². The van der Waals surface area contributed by atoms with Gasteiger partial charge >= 0.3 is 0 Å². The summed E-state index contributed by atoms with van der Waals surface area (Å²) < 4.78 is 5.70. The van der Waals surface area contributed by atoms with Crippen LogP contribution in [0.25, 0.3) is 0 Å². The molecule has 22 heavy (non-hydrogen) atoms. The van der Waals surface area contributed by atoms with Crippen molar-refractivity contribution in [3.05, 3.63) is 54.6 Å². The highest BCUT2D eigenvalue weighted by atomic mass is 16.5. The van der Waals surface area contributed by atoms with Crippen LogP contribution in [-0.2, 0) is 0 Å². The number of hydrazone groups is 1. The molecule has 0 saturated carbocycles. The molecular formula is C15H14N6O. The van der Waals surface area contributed by atoms with Gasteiger partial charge < -0.3 is 16.2 Å². The van der Waals surface area contributed by atoms with Gasteiger partial charge in [-0.2, -0.15) is 5.10 Å². The summed E-state index contributed by atoms with van der Waals surface area (Å²) in [4.78, 5) is 0. The predicted molar refractivity (Wildman–Crippen MR) is 87.3 cm³/mol. The normalized spacial score (nSPS) is 13.4. The average molecular weight is 294 g/mol. The topological polar surface area (TPSA) is 110 Å². The van der Waals surface area contributed by atoms with E-state index in [4.69, 9.17) is 16.2 Å². The van der Waals surface area contributed by atoms with E-state index in [-0.39, 0.29) is 11.7 Å². The second-order valence-electron chi connectivity index (χ2n) is 4.48. The molecule has 7 nitrogen and oxygen atoms in total. The number of rotatable bonds is 4. The van der Waals surface area contributed by atoms with Crippen molar-refractivity contribution in [2.24, 2.45) is 26.8 Å². The summed E-state index contributed by atoms with van der Waals surface area (Å²) in [5.74, 6) is 1.89. The Morgan fingerprint density at radius 3 is 2.05 bits per heavy atom. The maximum absolute atomic E-state index is 5.70. The van der Waals surface area contributed by atoms with E-state index in [1.165, 1.54) is 0 Å². The number of amidine groups is 2. The molecule has 110 valence electrons. The van der Waals surface area contributed by atoms with Crippen molar-refractivity contribution in [1.82, 2.24) is 0 Å². The van der Waals surface area contributed by atoms with Crippen LogP contribution in [0.2, 0.25) is 0 Å². The Hall–Kier alpha value is -3.35. The molecule has 1 aliphatic heterocycles. The third kappa shape index (κ3) is 3.04. The van der Waals surface area contributed by atoms with Gasteiger partial charge in [0.1, 0.15) is 11.5 Å². The van der Waals surface area contributed by atoms with Crippen LogP contribution in [0.5, 0.6) is 11.5 Å². The molecule has 0 radical (unpaired) electrons. The zero-order valence-corrected chi connectivity index (χ0v) is 11.6. The minimum atomic E-state index is 0.189. The first-order chi connectivity index (χ1) is 10.7. The fourth-order valence-corrected chi connectivity index (χ4v) is 1.79. The molecule has 0 amide bonds. The van der Waals surface area contributed by atoms with Crippen molar-refractivity contribution in [2.45, 2.75) is 0 Å². The summed E-state index contributed by atoms with van der Waals surface area (Å²) in [7, 11) is 0. The lowest BCUT2D eigenvalue weighted by atomic mass is 10.3. The van der Waals surface area contributed by atoms with Gasteiger partial charge in [-0.1, -0.05) is 18.2 Å². The Balaban J connectivity index is 1.66. The molecule has 0 aliphatic carbocycles. The van der Waals surface area contributed by atoms with Crippen molar-refractivity contribution >= 4 is 23.1 Å². The summed E-state index contributed by atoms with van der Waals surface area (Å²) in [5.41, 5.74) is 15.2. The van der Waals surface area contributed by atoms with E-state index in [0.29, 0.717) is 5.71 Å². The molecular weight excluding hydrogens is 280 g/mol. The Bertz CT molecular complexity index is 729. The maximum atomic E-state index is 5.70. The van der Waals surface area contributed by atoms with Crippen LogP contribution in [-0.4, -0.2) is 17.4 Å². The molecule has 0 aromatic heterocycles. The van der Waals surface area contributed by atoms with Gasteiger partial charge in [-0.3, -0.25) is 5.43 Å². The Kier molecular flexibility index (Phi) is 3.69. The number of nitrogens with one attached hydrogen (secondary N) is 1. The number of hydrogen-bond acceptors (Lipinski definition) is 7. The van der Waals surface area contributed by atoms with Crippen LogP contribution >= 0.6 is 0 Å². The molecule has 2 aromatic rings. The summed E-state index contributed by atoms with van der Waals surface area (Å²) >= 11 is 0. The highest BCUT2D eigenvalue weighted by Gasteiger charge is 2.16. The molecule has 0 fully saturated rings. The molecule has 0 unspecified atom stereocenters. The van der Waals surface area contributed by atoms with Gasteiger partial charge in [-0.15, -0.1) is 10.2 Å². The van der Waals surface area contributed by atoms with E-state index < -0.39 is 0 Å². The van der Waals surface area contributed by atoms with Crippen LogP contribution in [0, 0.1) is 0 Å². The molecule has 1 aliphatic rings. The lowest BCUT2D eigenvalue weighted by molar-refractivity contribution is 0.483.